The Morgan fingerprint density at radius 1 is 1.07 bits per heavy atom. The van der Waals surface area contributed by atoms with Crippen LogP contribution in [0.5, 0.6) is 0 Å². The maximum Gasteiger partial charge on any atom is 0.241 e. The first-order chi connectivity index (χ1) is 14.2. The molecule has 1 fully saturated rings. The van der Waals surface area contributed by atoms with E-state index in [0.717, 1.165) is 0 Å². The molecule has 1 N–H and O–H groups in total. The van der Waals surface area contributed by atoms with Gasteiger partial charge in [0.1, 0.15) is 0 Å². The fourth-order valence-electron chi connectivity index (χ4n) is 3.49. The number of nitrogens with one attached hydrogen (secondary N) is 1. The van der Waals surface area contributed by atoms with Crippen molar-refractivity contribution in [1.82, 2.24) is 4.90 Å². The third-order valence-electron chi connectivity index (χ3n) is 4.84. The minimum atomic E-state index is -3.15. The number of carbonyl (C=O) groups is 2. The minimum Gasteiger partial charge on any atom is -0.324 e. The van der Waals surface area contributed by atoms with Crippen LogP contribution in [0.25, 0.3) is 0 Å². The molecule has 3 rings (SSSR count). The summed E-state index contributed by atoms with van der Waals surface area (Å²) < 4.78 is 23.9. The van der Waals surface area contributed by atoms with Gasteiger partial charge in [-0.05, 0) is 37.7 Å². The zero-order chi connectivity index (χ0) is 21.7. The standard InChI is InChI=1S/C21H24ClN3O4S/c1-24(13-20(26)23-19-10-6-5-9-18(19)22)14-21(27)25(16-7-3-2-4-8-16)17-11-12-30(28,29)15-17/h2-10,17H,11-15H2,1H3,(H,23,26). The second kappa shape index (κ2) is 9.59. The summed E-state index contributed by atoms with van der Waals surface area (Å²) in [6.07, 6.45) is 0.402. The van der Waals surface area contributed by atoms with E-state index in [1.807, 2.05) is 6.07 Å². The van der Waals surface area contributed by atoms with E-state index in [-0.39, 0.29) is 36.4 Å². The van der Waals surface area contributed by atoms with Crippen LogP contribution >= 0.6 is 11.6 Å². The molecule has 0 saturated carbocycles. The van der Waals surface area contributed by atoms with Crippen LogP contribution in [0, 0.1) is 0 Å². The predicted octanol–water partition coefficient (Wildman–Crippen LogP) is 2.43. The molecule has 160 valence electrons. The molecule has 1 heterocycles. The number of anilines is 2. The van der Waals surface area contributed by atoms with E-state index >= 15 is 0 Å². The van der Waals surface area contributed by atoms with Crippen molar-refractivity contribution in [1.29, 1.82) is 0 Å². The highest BCUT2D eigenvalue weighted by molar-refractivity contribution is 7.91. The predicted molar refractivity (Wildman–Crippen MR) is 119 cm³/mol. The largest absolute Gasteiger partial charge is 0.324 e. The van der Waals surface area contributed by atoms with Crippen molar-refractivity contribution in [2.24, 2.45) is 0 Å². The average molecular weight is 450 g/mol. The number of rotatable bonds is 7. The lowest BCUT2D eigenvalue weighted by Gasteiger charge is -2.30. The van der Waals surface area contributed by atoms with E-state index in [1.54, 1.807) is 65.4 Å². The number of likely N-dealkylation sites (N-methyl/N-ethyl adjacent to an activating group) is 1. The van der Waals surface area contributed by atoms with Crippen LogP contribution in [0.1, 0.15) is 6.42 Å². The Bertz CT molecular complexity index is 1010. The first-order valence-electron chi connectivity index (χ1n) is 9.55. The molecular weight excluding hydrogens is 426 g/mol. The van der Waals surface area contributed by atoms with E-state index in [9.17, 15) is 18.0 Å². The molecule has 0 spiro atoms. The molecule has 30 heavy (non-hydrogen) atoms. The summed E-state index contributed by atoms with van der Waals surface area (Å²) in [5.74, 6) is -0.529. The summed E-state index contributed by atoms with van der Waals surface area (Å²) in [5, 5.41) is 3.16. The SMILES string of the molecule is CN(CC(=O)Nc1ccccc1Cl)CC(=O)N(c1ccccc1)C1CCS(=O)(=O)C1. The number of amides is 2. The smallest absolute Gasteiger partial charge is 0.241 e. The molecule has 9 heteroatoms. The maximum atomic E-state index is 13.1. The Morgan fingerprint density at radius 3 is 2.37 bits per heavy atom. The molecule has 1 aliphatic rings. The molecule has 0 aromatic heterocycles. The van der Waals surface area contributed by atoms with Gasteiger partial charge in [0.15, 0.2) is 9.84 Å². The van der Waals surface area contributed by atoms with Gasteiger partial charge in [-0.1, -0.05) is 41.9 Å². The summed E-state index contributed by atoms with van der Waals surface area (Å²) in [6, 6.07) is 15.5. The molecule has 7 nitrogen and oxygen atoms in total. The number of nitrogens with zero attached hydrogens (tertiary/aromatic N) is 2. The summed E-state index contributed by atoms with van der Waals surface area (Å²) in [4.78, 5) is 28.5. The lowest BCUT2D eigenvalue weighted by molar-refractivity contribution is -0.121. The zero-order valence-electron chi connectivity index (χ0n) is 16.6. The molecule has 0 radical (unpaired) electrons. The Morgan fingerprint density at radius 2 is 1.73 bits per heavy atom. The van der Waals surface area contributed by atoms with Gasteiger partial charge < -0.3 is 10.2 Å². The number of hydrogen-bond donors (Lipinski definition) is 1. The molecule has 2 aromatic rings. The molecular formula is C21H24ClN3O4S. The van der Waals surface area contributed by atoms with Crippen molar-refractivity contribution in [3.63, 3.8) is 0 Å². The Hall–Kier alpha value is -2.42. The van der Waals surface area contributed by atoms with Crippen LogP contribution in [0.2, 0.25) is 5.02 Å². The number of hydrogen-bond acceptors (Lipinski definition) is 5. The third kappa shape index (κ3) is 5.81. The molecule has 0 aliphatic carbocycles. The second-order valence-electron chi connectivity index (χ2n) is 7.36. The topological polar surface area (TPSA) is 86.8 Å². The summed E-state index contributed by atoms with van der Waals surface area (Å²) in [7, 11) is -1.49. The fraction of sp³-hybridized carbons (Fsp3) is 0.333. The first-order valence-corrected chi connectivity index (χ1v) is 11.8. The average Bonchev–Trinajstić information content (AvgIpc) is 3.03. The summed E-state index contributed by atoms with van der Waals surface area (Å²) in [6.45, 7) is -0.0378. The fourth-order valence-corrected chi connectivity index (χ4v) is 5.37. The van der Waals surface area contributed by atoms with E-state index in [4.69, 9.17) is 11.6 Å². The summed E-state index contributed by atoms with van der Waals surface area (Å²) in [5.41, 5.74) is 1.16. The van der Waals surface area contributed by atoms with E-state index < -0.39 is 15.9 Å². The van der Waals surface area contributed by atoms with Crippen LogP contribution in [0.15, 0.2) is 54.6 Å². The monoisotopic (exact) mass is 449 g/mol. The molecule has 1 unspecified atom stereocenters. The maximum absolute atomic E-state index is 13.1. The number of para-hydroxylation sites is 2. The second-order valence-corrected chi connectivity index (χ2v) is 9.99. The highest BCUT2D eigenvalue weighted by Crippen LogP contribution is 2.25. The Labute approximate surface area is 181 Å². The molecule has 1 atom stereocenters. The van der Waals surface area contributed by atoms with Gasteiger partial charge in [-0.15, -0.1) is 0 Å². The molecule has 0 bridgehead atoms. The zero-order valence-corrected chi connectivity index (χ0v) is 18.2. The number of carbonyl (C=O) groups excluding carboxylic acids is 2. The molecule has 1 aliphatic heterocycles. The van der Waals surface area contributed by atoms with E-state index in [1.165, 1.54) is 0 Å². The quantitative estimate of drug-likeness (QED) is 0.701. The van der Waals surface area contributed by atoms with Gasteiger partial charge in [0.2, 0.25) is 11.8 Å². The van der Waals surface area contributed by atoms with Crippen LogP contribution in [0.4, 0.5) is 11.4 Å². The van der Waals surface area contributed by atoms with Crippen LogP contribution in [0.3, 0.4) is 0 Å². The van der Waals surface area contributed by atoms with Crippen LogP contribution in [-0.4, -0.2) is 62.8 Å². The lowest BCUT2D eigenvalue weighted by atomic mass is 10.1. The lowest BCUT2D eigenvalue weighted by Crippen LogP contribution is -2.47. The highest BCUT2D eigenvalue weighted by Gasteiger charge is 2.35. The van der Waals surface area contributed by atoms with Gasteiger partial charge >= 0.3 is 0 Å². The molecule has 1 saturated heterocycles. The number of benzene rings is 2. The first kappa shape index (κ1) is 22.3. The van der Waals surface area contributed by atoms with Crippen molar-refractivity contribution in [2.75, 3.05) is 41.9 Å². The number of sulfone groups is 1. The van der Waals surface area contributed by atoms with Gasteiger partial charge in [0.05, 0.1) is 41.3 Å². The third-order valence-corrected chi connectivity index (χ3v) is 6.92. The molecule has 2 amide bonds. The normalized spacial score (nSPS) is 17.6. The van der Waals surface area contributed by atoms with Crippen LogP contribution < -0.4 is 10.2 Å². The summed E-state index contributed by atoms with van der Waals surface area (Å²) >= 11 is 6.06. The Balaban J connectivity index is 1.66. The van der Waals surface area contributed by atoms with E-state index in [2.05, 4.69) is 5.32 Å². The van der Waals surface area contributed by atoms with Crippen LogP contribution in [-0.2, 0) is 19.4 Å². The van der Waals surface area contributed by atoms with Gasteiger partial charge in [-0.2, -0.15) is 0 Å². The van der Waals surface area contributed by atoms with Gasteiger partial charge in [0, 0.05) is 5.69 Å². The Kier molecular flexibility index (Phi) is 7.12. The minimum absolute atomic E-state index is 0.0114. The van der Waals surface area contributed by atoms with Gasteiger partial charge in [-0.25, -0.2) is 8.42 Å². The van der Waals surface area contributed by atoms with Crippen molar-refractivity contribution in [2.45, 2.75) is 12.5 Å². The van der Waals surface area contributed by atoms with Gasteiger partial charge in [0.25, 0.3) is 0 Å². The molecule has 2 aromatic carbocycles. The van der Waals surface area contributed by atoms with Crippen molar-refractivity contribution >= 4 is 44.6 Å². The number of halogens is 1. The van der Waals surface area contributed by atoms with Crippen molar-refractivity contribution in [3.05, 3.63) is 59.6 Å². The van der Waals surface area contributed by atoms with Gasteiger partial charge in [-0.3, -0.25) is 14.5 Å². The highest BCUT2D eigenvalue weighted by atomic mass is 35.5. The van der Waals surface area contributed by atoms with E-state index in [0.29, 0.717) is 22.8 Å². The van der Waals surface area contributed by atoms with Crippen molar-refractivity contribution in [3.8, 4) is 0 Å². The van der Waals surface area contributed by atoms with Crippen molar-refractivity contribution < 1.29 is 18.0 Å².